The average molecular weight is 466 g/mol. The Hall–Kier alpha value is -2.10. The Balaban J connectivity index is 1.29. The van der Waals surface area contributed by atoms with Gasteiger partial charge in [0.25, 0.3) is 0 Å². The molecule has 3 aliphatic carbocycles. The van der Waals surface area contributed by atoms with Gasteiger partial charge in [-0.1, -0.05) is 64.0 Å². The second kappa shape index (κ2) is 11.1. The summed E-state index contributed by atoms with van der Waals surface area (Å²) >= 11 is 0. The number of unbranched alkanes of at least 4 members (excludes halogenated alkanes) is 7. The van der Waals surface area contributed by atoms with E-state index < -0.39 is 0 Å². The Morgan fingerprint density at radius 3 is 2.53 bits per heavy atom. The van der Waals surface area contributed by atoms with Gasteiger partial charge in [-0.3, -0.25) is 9.59 Å². The number of fused-ring (bicyclic) bond motifs is 5. The number of aromatic hydroxyl groups is 1. The maximum Gasteiger partial charge on any atom is 0.219 e. The summed E-state index contributed by atoms with van der Waals surface area (Å²) in [4.78, 5) is 24.0. The van der Waals surface area contributed by atoms with Crippen LogP contribution in [0.4, 0.5) is 0 Å². The lowest BCUT2D eigenvalue weighted by atomic mass is 9.52. The molecule has 1 amide bonds. The van der Waals surface area contributed by atoms with Crippen LogP contribution in [0.2, 0.25) is 0 Å². The number of phenols is 1. The fraction of sp³-hybridized carbons (Fsp3) is 0.667. The molecule has 1 aromatic rings. The summed E-state index contributed by atoms with van der Waals surface area (Å²) < 4.78 is 0. The third-order valence-electron chi connectivity index (χ3n) is 9.17. The van der Waals surface area contributed by atoms with Gasteiger partial charge in [0.2, 0.25) is 5.91 Å². The minimum Gasteiger partial charge on any atom is -0.508 e. The maximum atomic E-state index is 12.7. The van der Waals surface area contributed by atoms with Crippen LogP contribution in [0.5, 0.6) is 5.75 Å². The van der Waals surface area contributed by atoms with Crippen LogP contribution in [0.15, 0.2) is 30.4 Å². The normalized spacial score (nSPS) is 29.4. The summed E-state index contributed by atoms with van der Waals surface area (Å²) in [5.74, 6) is 2.86. The zero-order valence-corrected chi connectivity index (χ0v) is 21.2. The molecule has 0 aliphatic heterocycles. The lowest BCUT2D eigenvalue weighted by Crippen LogP contribution is -2.46. The zero-order valence-electron chi connectivity index (χ0n) is 21.2. The van der Waals surface area contributed by atoms with E-state index in [1.54, 1.807) is 7.05 Å². The molecule has 0 heterocycles. The van der Waals surface area contributed by atoms with Crippen molar-refractivity contribution in [2.75, 3.05) is 7.05 Å². The van der Waals surface area contributed by atoms with Crippen LogP contribution in [0.25, 0.3) is 0 Å². The number of hydrogen-bond acceptors (Lipinski definition) is 3. The van der Waals surface area contributed by atoms with E-state index >= 15 is 0 Å². The predicted molar refractivity (Wildman–Crippen MR) is 137 cm³/mol. The summed E-state index contributed by atoms with van der Waals surface area (Å²) in [5, 5.41) is 12.8. The average Bonchev–Trinajstić information content (AvgIpc) is 3.13. The Morgan fingerprint density at radius 1 is 1.09 bits per heavy atom. The minimum absolute atomic E-state index is 0.151. The van der Waals surface area contributed by atoms with Crippen molar-refractivity contribution in [3.8, 4) is 5.75 Å². The molecule has 3 aliphatic rings. The van der Waals surface area contributed by atoms with Gasteiger partial charge in [-0.25, -0.2) is 0 Å². The summed E-state index contributed by atoms with van der Waals surface area (Å²) in [6.45, 7) is 2.20. The number of phenolic OH excluding ortho intramolecular Hbond substituents is 1. The topological polar surface area (TPSA) is 66.4 Å². The molecular weight excluding hydrogens is 422 g/mol. The molecule has 34 heavy (non-hydrogen) atoms. The number of amides is 1. The van der Waals surface area contributed by atoms with Crippen molar-refractivity contribution < 1.29 is 14.7 Å². The van der Waals surface area contributed by atoms with Crippen molar-refractivity contribution >= 4 is 11.7 Å². The van der Waals surface area contributed by atoms with Gasteiger partial charge < -0.3 is 10.4 Å². The number of hydrogen-bond donors (Lipinski definition) is 2. The first-order valence-corrected chi connectivity index (χ1v) is 13.7. The molecular formula is C30H43NO3. The van der Waals surface area contributed by atoms with Gasteiger partial charge in [-0.15, -0.1) is 0 Å². The maximum absolute atomic E-state index is 12.7. The molecule has 4 heteroatoms. The number of benzene rings is 1. The second-order valence-corrected chi connectivity index (χ2v) is 11.3. The van der Waals surface area contributed by atoms with E-state index in [0.29, 0.717) is 41.6 Å². The molecule has 5 atom stereocenters. The first kappa shape index (κ1) is 25.0. The quantitative estimate of drug-likeness (QED) is 0.368. The van der Waals surface area contributed by atoms with E-state index in [0.717, 1.165) is 32.1 Å². The number of carbonyl (C=O) groups excluding carboxylic acids is 2. The highest BCUT2D eigenvalue weighted by Gasteiger charge is 2.54. The van der Waals surface area contributed by atoms with Crippen molar-refractivity contribution in [3.63, 3.8) is 0 Å². The van der Waals surface area contributed by atoms with E-state index in [9.17, 15) is 14.7 Å². The lowest BCUT2D eigenvalue weighted by molar-refractivity contribution is -0.127. The van der Waals surface area contributed by atoms with Gasteiger partial charge in [-0.05, 0) is 85.1 Å². The first-order chi connectivity index (χ1) is 16.4. The molecule has 0 radical (unpaired) electrons. The third-order valence-corrected chi connectivity index (χ3v) is 9.17. The van der Waals surface area contributed by atoms with Gasteiger partial charge in [0, 0.05) is 18.9 Å². The van der Waals surface area contributed by atoms with Crippen molar-refractivity contribution in [3.05, 3.63) is 41.5 Å². The molecule has 1 aromatic carbocycles. The SMILES string of the molecule is CNC(=O)CCCCCCCCCC[C@@H]1Cc2cc(O)ccc2C2CC[C@]3(C)C(=O)C=CC3C21. The van der Waals surface area contributed by atoms with Gasteiger partial charge >= 0.3 is 0 Å². The highest BCUT2D eigenvalue weighted by atomic mass is 16.3. The summed E-state index contributed by atoms with van der Waals surface area (Å²) in [6, 6.07) is 5.99. The molecule has 0 spiro atoms. The predicted octanol–water partition coefficient (Wildman–Crippen LogP) is 6.47. The highest BCUT2D eigenvalue weighted by Crippen LogP contribution is 2.59. The molecule has 3 unspecified atom stereocenters. The van der Waals surface area contributed by atoms with E-state index in [-0.39, 0.29) is 11.3 Å². The van der Waals surface area contributed by atoms with Crippen LogP contribution >= 0.6 is 0 Å². The van der Waals surface area contributed by atoms with Crippen LogP contribution in [-0.2, 0) is 16.0 Å². The standard InChI is InChI=1S/C30H43NO3/c1-30-18-17-25-24-14-13-23(32)20-22(24)19-21(29(25)26(30)15-16-27(30)33)11-9-7-5-3-4-6-8-10-12-28(34)31-2/h13-16,20-21,25-26,29,32H,3-12,17-19H2,1-2H3,(H,31,34)/t21-,25?,26?,29?,30+/m1/s1. The molecule has 4 rings (SSSR count). The van der Waals surface area contributed by atoms with Crippen LogP contribution in [-0.4, -0.2) is 23.8 Å². The van der Waals surface area contributed by atoms with Gasteiger partial charge in [0.1, 0.15) is 5.75 Å². The summed E-state index contributed by atoms with van der Waals surface area (Å²) in [7, 11) is 1.70. The second-order valence-electron chi connectivity index (χ2n) is 11.3. The Morgan fingerprint density at radius 2 is 1.79 bits per heavy atom. The summed E-state index contributed by atoms with van der Waals surface area (Å²) in [6.07, 6.45) is 18.8. The monoisotopic (exact) mass is 465 g/mol. The van der Waals surface area contributed by atoms with E-state index in [4.69, 9.17) is 0 Å². The largest absolute Gasteiger partial charge is 0.508 e. The molecule has 0 saturated heterocycles. The van der Waals surface area contributed by atoms with E-state index in [1.807, 2.05) is 18.2 Å². The first-order valence-electron chi connectivity index (χ1n) is 13.7. The fourth-order valence-corrected chi connectivity index (χ4v) is 7.21. The zero-order chi connectivity index (χ0) is 24.1. The van der Waals surface area contributed by atoms with Gasteiger partial charge in [0.15, 0.2) is 5.78 Å². The lowest BCUT2D eigenvalue weighted by Gasteiger charge is -2.51. The van der Waals surface area contributed by atoms with Crippen molar-refractivity contribution in [2.24, 2.45) is 23.2 Å². The number of nitrogens with one attached hydrogen (secondary N) is 1. The third kappa shape index (κ3) is 5.26. The smallest absolute Gasteiger partial charge is 0.219 e. The fourth-order valence-electron chi connectivity index (χ4n) is 7.21. The van der Waals surface area contributed by atoms with Gasteiger partial charge in [-0.2, -0.15) is 0 Å². The minimum atomic E-state index is -0.203. The number of allylic oxidation sites excluding steroid dienone is 2. The Kier molecular flexibility index (Phi) is 8.16. The molecule has 1 fully saturated rings. The highest BCUT2D eigenvalue weighted by molar-refractivity contribution is 5.97. The van der Waals surface area contributed by atoms with Crippen LogP contribution in [0, 0.1) is 23.2 Å². The number of ketones is 1. The van der Waals surface area contributed by atoms with Crippen LogP contribution in [0.3, 0.4) is 0 Å². The molecule has 4 nitrogen and oxygen atoms in total. The van der Waals surface area contributed by atoms with Crippen LogP contribution in [0.1, 0.15) is 101 Å². The Labute approximate surface area is 205 Å². The number of carbonyl (C=O) groups is 2. The van der Waals surface area contributed by atoms with Crippen molar-refractivity contribution in [1.82, 2.24) is 5.32 Å². The van der Waals surface area contributed by atoms with Gasteiger partial charge in [0.05, 0.1) is 0 Å². The molecule has 2 N–H and O–H groups in total. The number of rotatable bonds is 11. The molecule has 0 bridgehead atoms. The molecule has 0 aromatic heterocycles. The molecule has 1 saturated carbocycles. The summed E-state index contributed by atoms with van der Waals surface area (Å²) in [5.41, 5.74) is 2.55. The van der Waals surface area contributed by atoms with E-state index in [1.165, 1.54) is 56.1 Å². The van der Waals surface area contributed by atoms with Crippen molar-refractivity contribution in [1.29, 1.82) is 0 Å². The van der Waals surface area contributed by atoms with Crippen molar-refractivity contribution in [2.45, 2.75) is 96.3 Å². The molecule has 186 valence electrons. The van der Waals surface area contributed by atoms with E-state index in [2.05, 4.69) is 24.4 Å². The Bertz CT molecular complexity index is 906. The van der Waals surface area contributed by atoms with Crippen LogP contribution < -0.4 is 5.32 Å².